The van der Waals surface area contributed by atoms with E-state index in [2.05, 4.69) is 0 Å². The van der Waals surface area contributed by atoms with Gasteiger partial charge in [0, 0.05) is 25.8 Å². The first-order valence-corrected chi connectivity index (χ1v) is 8.00. The van der Waals surface area contributed by atoms with Crippen LogP contribution in [0.15, 0.2) is 24.3 Å². The molecule has 1 rings (SSSR count). The number of ether oxygens (including phenoxy) is 3. The largest absolute Gasteiger partial charge is 0.466 e. The lowest BCUT2D eigenvalue weighted by molar-refractivity contribution is -0.385. The highest BCUT2D eigenvalue weighted by molar-refractivity contribution is 5.79. The number of esters is 1. The fourth-order valence-electron chi connectivity index (χ4n) is 2.23. The van der Waals surface area contributed by atoms with Crippen molar-refractivity contribution in [2.45, 2.75) is 45.8 Å². The van der Waals surface area contributed by atoms with Gasteiger partial charge in [-0.15, -0.1) is 0 Å². The molecule has 136 valence electrons. The summed E-state index contributed by atoms with van der Waals surface area (Å²) in [7, 11) is 3.00. The van der Waals surface area contributed by atoms with Crippen LogP contribution in [0.25, 0.3) is 0 Å². The van der Waals surface area contributed by atoms with Crippen LogP contribution < -0.4 is 0 Å². The number of methoxy groups -OCH3 is 2. The van der Waals surface area contributed by atoms with Gasteiger partial charge in [-0.2, -0.15) is 0 Å². The lowest BCUT2D eigenvalue weighted by Crippen LogP contribution is -2.21. The van der Waals surface area contributed by atoms with Crippen LogP contribution in [0.4, 0.5) is 5.69 Å². The van der Waals surface area contributed by atoms with Crippen LogP contribution in [-0.4, -0.2) is 38.0 Å². The number of hydrogen-bond donors (Lipinski definition) is 0. The molecule has 0 heterocycles. The number of carbonyl (C=O) groups excluding carboxylic acids is 1. The Labute approximate surface area is 143 Å². The molecule has 0 amide bonds. The standard InChI is InChI=1S/C15H21NO6.C2H6/c1-4-22-15(17)12(9-10-14(20-2)21-3)11-7-5-6-8-13(11)16(18)19;1-2/h5-8,12,14H,4,9-10H2,1-3H3;1-2H3. The van der Waals surface area contributed by atoms with Gasteiger partial charge in [-0.25, -0.2) is 0 Å². The van der Waals surface area contributed by atoms with Gasteiger partial charge in [0.2, 0.25) is 0 Å². The summed E-state index contributed by atoms with van der Waals surface area (Å²) in [4.78, 5) is 22.8. The van der Waals surface area contributed by atoms with E-state index in [4.69, 9.17) is 14.2 Å². The molecule has 0 N–H and O–H groups in total. The van der Waals surface area contributed by atoms with Crippen LogP contribution in [0.3, 0.4) is 0 Å². The zero-order valence-electron chi connectivity index (χ0n) is 15.0. The number of para-hydroxylation sites is 1. The van der Waals surface area contributed by atoms with Crippen LogP contribution in [0, 0.1) is 10.1 Å². The molecule has 0 aliphatic carbocycles. The minimum atomic E-state index is -0.727. The van der Waals surface area contributed by atoms with Crippen molar-refractivity contribution in [3.8, 4) is 0 Å². The predicted octanol–water partition coefficient (Wildman–Crippen LogP) is 3.67. The maximum atomic E-state index is 12.2. The van der Waals surface area contributed by atoms with Crippen LogP contribution >= 0.6 is 0 Å². The first kappa shape index (κ1) is 22.0. The molecule has 0 aliphatic rings. The maximum Gasteiger partial charge on any atom is 0.313 e. The smallest absolute Gasteiger partial charge is 0.313 e. The minimum absolute atomic E-state index is 0.0908. The van der Waals surface area contributed by atoms with Gasteiger partial charge in [0.05, 0.1) is 17.4 Å². The van der Waals surface area contributed by atoms with Crippen molar-refractivity contribution in [3.05, 3.63) is 39.9 Å². The first-order valence-electron chi connectivity index (χ1n) is 8.00. The Kier molecular flexibility index (Phi) is 11.4. The van der Waals surface area contributed by atoms with E-state index in [9.17, 15) is 14.9 Å². The van der Waals surface area contributed by atoms with Gasteiger partial charge < -0.3 is 14.2 Å². The van der Waals surface area contributed by atoms with E-state index >= 15 is 0 Å². The summed E-state index contributed by atoms with van der Waals surface area (Å²) in [5, 5.41) is 11.2. The van der Waals surface area contributed by atoms with Crippen LogP contribution in [0.2, 0.25) is 0 Å². The Balaban J connectivity index is 0.00000254. The van der Waals surface area contributed by atoms with Crippen molar-refractivity contribution in [2.75, 3.05) is 20.8 Å². The number of rotatable bonds is 9. The van der Waals surface area contributed by atoms with Gasteiger partial charge in [-0.05, 0) is 19.8 Å². The molecule has 0 aliphatic heterocycles. The van der Waals surface area contributed by atoms with E-state index in [1.54, 1.807) is 25.1 Å². The lowest BCUT2D eigenvalue weighted by Gasteiger charge is -2.19. The van der Waals surface area contributed by atoms with Gasteiger partial charge in [0.1, 0.15) is 0 Å². The predicted molar refractivity (Wildman–Crippen MR) is 90.9 cm³/mol. The second-order valence-electron chi connectivity index (χ2n) is 4.60. The van der Waals surface area contributed by atoms with Gasteiger partial charge in [0.15, 0.2) is 6.29 Å². The summed E-state index contributed by atoms with van der Waals surface area (Å²) in [6, 6.07) is 6.19. The SMILES string of the molecule is CC.CCOC(=O)C(CCC(OC)OC)c1ccccc1[N+](=O)[O-]. The zero-order valence-corrected chi connectivity index (χ0v) is 15.0. The van der Waals surface area contributed by atoms with Crippen LogP contribution in [0.1, 0.15) is 45.1 Å². The van der Waals surface area contributed by atoms with Crippen molar-refractivity contribution >= 4 is 11.7 Å². The molecule has 1 atom stereocenters. The Morgan fingerprint density at radius 2 is 1.75 bits per heavy atom. The maximum absolute atomic E-state index is 12.2. The average molecular weight is 341 g/mol. The number of nitrogens with zero attached hydrogens (tertiary/aromatic N) is 1. The number of nitro benzene ring substituents is 1. The molecule has 1 aromatic rings. The summed E-state index contributed by atoms with van der Waals surface area (Å²) in [5.41, 5.74) is 0.254. The zero-order chi connectivity index (χ0) is 18.5. The lowest BCUT2D eigenvalue weighted by atomic mass is 9.92. The number of benzene rings is 1. The third-order valence-electron chi connectivity index (χ3n) is 3.30. The third kappa shape index (κ3) is 6.64. The second-order valence-corrected chi connectivity index (χ2v) is 4.60. The van der Waals surface area contributed by atoms with Crippen molar-refractivity contribution < 1.29 is 23.9 Å². The Morgan fingerprint density at radius 3 is 2.25 bits per heavy atom. The molecule has 0 fully saturated rings. The second kappa shape index (κ2) is 12.4. The molecule has 7 heteroatoms. The summed E-state index contributed by atoms with van der Waals surface area (Å²) >= 11 is 0. The van der Waals surface area contributed by atoms with E-state index in [1.165, 1.54) is 20.3 Å². The molecule has 0 aromatic heterocycles. The molecule has 0 saturated heterocycles. The summed E-state index contributed by atoms with van der Waals surface area (Å²) in [6.07, 6.45) is 0.276. The molecule has 24 heavy (non-hydrogen) atoms. The van der Waals surface area contributed by atoms with Gasteiger partial charge >= 0.3 is 5.97 Å². The number of carbonyl (C=O) groups is 1. The fraction of sp³-hybridized carbons (Fsp3) is 0.588. The van der Waals surface area contributed by atoms with Gasteiger partial charge in [-0.1, -0.05) is 32.0 Å². The monoisotopic (exact) mass is 341 g/mol. The third-order valence-corrected chi connectivity index (χ3v) is 3.30. The summed E-state index contributed by atoms with van der Waals surface area (Å²) < 4.78 is 15.2. The van der Waals surface area contributed by atoms with Crippen molar-refractivity contribution in [1.29, 1.82) is 0 Å². The quantitative estimate of drug-likeness (QED) is 0.295. The van der Waals surface area contributed by atoms with E-state index in [0.717, 1.165) is 0 Å². The highest BCUT2D eigenvalue weighted by atomic mass is 16.7. The number of nitro groups is 1. The molecule has 1 aromatic carbocycles. The molecule has 7 nitrogen and oxygen atoms in total. The van der Waals surface area contributed by atoms with Gasteiger partial charge in [0.25, 0.3) is 5.69 Å². The van der Waals surface area contributed by atoms with E-state index in [0.29, 0.717) is 18.4 Å². The highest BCUT2D eigenvalue weighted by Crippen LogP contribution is 2.31. The van der Waals surface area contributed by atoms with Crippen LogP contribution in [-0.2, 0) is 19.0 Å². The Morgan fingerprint density at radius 1 is 1.17 bits per heavy atom. The van der Waals surface area contributed by atoms with E-state index in [-0.39, 0.29) is 12.3 Å². The van der Waals surface area contributed by atoms with E-state index in [1.807, 2.05) is 13.8 Å². The topological polar surface area (TPSA) is 87.9 Å². The van der Waals surface area contributed by atoms with Crippen LogP contribution in [0.5, 0.6) is 0 Å². The Bertz CT molecular complexity index is 502. The molecule has 0 radical (unpaired) electrons. The first-order chi connectivity index (χ1) is 11.5. The van der Waals surface area contributed by atoms with E-state index < -0.39 is 23.1 Å². The summed E-state index contributed by atoms with van der Waals surface area (Å²) in [6.45, 7) is 5.91. The summed E-state index contributed by atoms with van der Waals surface area (Å²) in [5.74, 6) is -1.21. The minimum Gasteiger partial charge on any atom is -0.466 e. The molecule has 1 unspecified atom stereocenters. The molecular formula is C17H27NO6. The molecular weight excluding hydrogens is 314 g/mol. The van der Waals surface area contributed by atoms with Crippen molar-refractivity contribution in [3.63, 3.8) is 0 Å². The fourth-order valence-corrected chi connectivity index (χ4v) is 2.23. The van der Waals surface area contributed by atoms with Gasteiger partial charge in [-0.3, -0.25) is 14.9 Å². The normalized spacial score (nSPS) is 11.4. The number of hydrogen-bond acceptors (Lipinski definition) is 6. The average Bonchev–Trinajstić information content (AvgIpc) is 2.61. The Hall–Kier alpha value is -1.99. The van der Waals surface area contributed by atoms with Crippen molar-refractivity contribution in [2.24, 2.45) is 0 Å². The highest BCUT2D eigenvalue weighted by Gasteiger charge is 2.29. The van der Waals surface area contributed by atoms with Crippen molar-refractivity contribution in [1.82, 2.24) is 0 Å². The molecule has 0 spiro atoms. The molecule has 0 saturated carbocycles. The molecule has 0 bridgehead atoms.